The highest BCUT2D eigenvalue weighted by Crippen LogP contribution is 2.21. The number of aryl methyl sites for hydroxylation is 1. The van der Waals surface area contributed by atoms with Crippen molar-refractivity contribution < 1.29 is 13.6 Å². The minimum Gasteiger partial charge on any atom is -0.288 e. The Kier molecular flexibility index (Phi) is 3.43. The lowest BCUT2D eigenvalue weighted by Crippen LogP contribution is -2.08. The van der Waals surface area contributed by atoms with Gasteiger partial charge in [-0.25, -0.2) is 8.78 Å². The number of hydrogen-bond donors (Lipinski definition) is 0. The van der Waals surface area contributed by atoms with E-state index in [0.717, 1.165) is 6.07 Å². The van der Waals surface area contributed by atoms with Crippen LogP contribution in [0.25, 0.3) is 0 Å². The Balaban J connectivity index is 2.52. The van der Waals surface area contributed by atoms with Crippen LogP contribution in [0.4, 0.5) is 8.78 Å². The summed E-state index contributed by atoms with van der Waals surface area (Å²) in [7, 11) is 0. The fourth-order valence-corrected chi connectivity index (χ4v) is 1.74. The second kappa shape index (κ2) is 4.86. The van der Waals surface area contributed by atoms with E-state index < -0.39 is 23.0 Å². The van der Waals surface area contributed by atoms with Crippen LogP contribution in [-0.4, -0.2) is 5.78 Å². The zero-order chi connectivity index (χ0) is 13.3. The van der Waals surface area contributed by atoms with Gasteiger partial charge in [0.1, 0.15) is 11.6 Å². The summed E-state index contributed by atoms with van der Waals surface area (Å²) in [6.07, 6.45) is 0. The van der Waals surface area contributed by atoms with Gasteiger partial charge in [0, 0.05) is 10.6 Å². The molecule has 0 fully saturated rings. The summed E-state index contributed by atoms with van der Waals surface area (Å²) in [5.74, 6) is -2.38. The Morgan fingerprint density at radius 1 is 1.06 bits per heavy atom. The van der Waals surface area contributed by atoms with Gasteiger partial charge in [-0.15, -0.1) is 0 Å². The molecule has 0 aromatic heterocycles. The van der Waals surface area contributed by atoms with E-state index in [1.54, 1.807) is 0 Å². The quantitative estimate of drug-likeness (QED) is 0.746. The minimum atomic E-state index is -0.863. The van der Waals surface area contributed by atoms with E-state index in [2.05, 4.69) is 0 Å². The summed E-state index contributed by atoms with van der Waals surface area (Å²) in [6.45, 7) is 1.48. The van der Waals surface area contributed by atoms with Gasteiger partial charge >= 0.3 is 0 Å². The number of hydrogen-bond acceptors (Lipinski definition) is 1. The number of carbonyl (C=O) groups is 1. The summed E-state index contributed by atoms with van der Waals surface area (Å²) < 4.78 is 27.3. The number of rotatable bonds is 2. The van der Waals surface area contributed by atoms with E-state index in [0.29, 0.717) is 5.02 Å². The smallest absolute Gasteiger partial charge is 0.198 e. The lowest BCUT2D eigenvalue weighted by atomic mass is 10.0. The molecule has 0 spiro atoms. The van der Waals surface area contributed by atoms with Crippen LogP contribution in [0.3, 0.4) is 0 Å². The summed E-state index contributed by atoms with van der Waals surface area (Å²) >= 11 is 5.69. The SMILES string of the molecule is Cc1ccc(F)c(C(=O)c2ccc(Cl)cc2)c1F. The molecule has 0 saturated carbocycles. The Bertz CT molecular complexity index is 606. The topological polar surface area (TPSA) is 17.1 Å². The molecular weight excluding hydrogens is 258 g/mol. The first-order valence-corrected chi connectivity index (χ1v) is 5.63. The molecule has 0 saturated heterocycles. The molecule has 92 valence electrons. The van der Waals surface area contributed by atoms with Crippen LogP contribution in [0, 0.1) is 18.6 Å². The third-order valence-corrected chi connectivity index (χ3v) is 2.87. The molecule has 2 aromatic rings. The van der Waals surface area contributed by atoms with Crippen LogP contribution in [0.5, 0.6) is 0 Å². The first-order valence-electron chi connectivity index (χ1n) is 5.25. The van der Waals surface area contributed by atoms with Gasteiger partial charge in [-0.1, -0.05) is 17.7 Å². The average molecular weight is 267 g/mol. The van der Waals surface area contributed by atoms with E-state index >= 15 is 0 Å². The lowest BCUT2D eigenvalue weighted by Gasteiger charge is -2.06. The highest BCUT2D eigenvalue weighted by atomic mass is 35.5. The zero-order valence-electron chi connectivity index (χ0n) is 9.51. The predicted molar refractivity (Wildman–Crippen MR) is 66.0 cm³/mol. The molecule has 0 aliphatic rings. The van der Waals surface area contributed by atoms with Crippen LogP contribution < -0.4 is 0 Å². The first-order chi connectivity index (χ1) is 8.50. The van der Waals surface area contributed by atoms with E-state index in [1.807, 2.05) is 0 Å². The van der Waals surface area contributed by atoms with Crippen molar-refractivity contribution >= 4 is 17.4 Å². The first kappa shape index (κ1) is 12.7. The molecule has 0 atom stereocenters. The Morgan fingerprint density at radius 2 is 1.67 bits per heavy atom. The molecule has 0 unspecified atom stereocenters. The number of ketones is 1. The summed E-state index contributed by atoms with van der Waals surface area (Å²) in [5.41, 5.74) is -0.103. The van der Waals surface area contributed by atoms with E-state index in [4.69, 9.17) is 11.6 Å². The van der Waals surface area contributed by atoms with Gasteiger partial charge in [0.15, 0.2) is 5.78 Å². The summed E-state index contributed by atoms with van der Waals surface area (Å²) in [6, 6.07) is 8.25. The second-order valence-electron chi connectivity index (χ2n) is 3.89. The lowest BCUT2D eigenvalue weighted by molar-refractivity contribution is 0.103. The average Bonchev–Trinajstić information content (AvgIpc) is 2.35. The maximum atomic E-state index is 13.8. The van der Waals surface area contributed by atoms with Gasteiger partial charge in [-0.2, -0.15) is 0 Å². The second-order valence-corrected chi connectivity index (χ2v) is 4.33. The standard InChI is InChI=1S/C14H9ClF2O/c1-8-2-7-11(16)12(13(8)17)14(18)9-3-5-10(15)6-4-9/h2-7H,1H3. The van der Waals surface area contributed by atoms with Crippen molar-refractivity contribution in [2.75, 3.05) is 0 Å². The molecule has 0 amide bonds. The van der Waals surface area contributed by atoms with Crippen molar-refractivity contribution in [2.24, 2.45) is 0 Å². The van der Waals surface area contributed by atoms with Crippen molar-refractivity contribution in [3.05, 3.63) is 69.7 Å². The Morgan fingerprint density at radius 3 is 2.28 bits per heavy atom. The normalized spacial score (nSPS) is 10.4. The number of halogens is 3. The fraction of sp³-hybridized carbons (Fsp3) is 0.0714. The fourth-order valence-electron chi connectivity index (χ4n) is 1.61. The summed E-state index contributed by atoms with van der Waals surface area (Å²) in [4.78, 5) is 12.0. The monoisotopic (exact) mass is 266 g/mol. The van der Waals surface area contributed by atoms with E-state index in [-0.39, 0.29) is 11.1 Å². The highest BCUT2D eigenvalue weighted by molar-refractivity contribution is 6.30. The summed E-state index contributed by atoms with van der Waals surface area (Å²) in [5, 5.41) is 0.455. The third-order valence-electron chi connectivity index (χ3n) is 2.62. The molecule has 0 aliphatic heterocycles. The van der Waals surface area contributed by atoms with Crippen molar-refractivity contribution in [1.82, 2.24) is 0 Å². The van der Waals surface area contributed by atoms with Gasteiger partial charge in [-0.05, 0) is 42.8 Å². The molecular formula is C14H9ClF2O. The zero-order valence-corrected chi connectivity index (χ0v) is 10.3. The van der Waals surface area contributed by atoms with Gasteiger partial charge < -0.3 is 0 Å². The molecule has 1 nitrogen and oxygen atoms in total. The minimum absolute atomic E-state index is 0.197. The number of carbonyl (C=O) groups excluding carboxylic acids is 1. The van der Waals surface area contributed by atoms with Crippen LogP contribution in [-0.2, 0) is 0 Å². The molecule has 2 aromatic carbocycles. The number of benzene rings is 2. The van der Waals surface area contributed by atoms with Crippen molar-refractivity contribution in [3.63, 3.8) is 0 Å². The highest BCUT2D eigenvalue weighted by Gasteiger charge is 2.20. The molecule has 0 N–H and O–H groups in total. The predicted octanol–water partition coefficient (Wildman–Crippen LogP) is 4.16. The Labute approximate surface area is 108 Å². The van der Waals surface area contributed by atoms with Gasteiger partial charge in [0.25, 0.3) is 0 Å². The molecule has 18 heavy (non-hydrogen) atoms. The van der Waals surface area contributed by atoms with Crippen molar-refractivity contribution in [2.45, 2.75) is 6.92 Å². The van der Waals surface area contributed by atoms with Crippen LogP contribution in [0.2, 0.25) is 5.02 Å². The van der Waals surface area contributed by atoms with E-state index in [1.165, 1.54) is 37.3 Å². The van der Waals surface area contributed by atoms with Crippen LogP contribution in [0.1, 0.15) is 21.5 Å². The molecule has 2 rings (SSSR count). The maximum Gasteiger partial charge on any atom is 0.198 e. The molecule has 0 heterocycles. The molecule has 4 heteroatoms. The van der Waals surface area contributed by atoms with Crippen molar-refractivity contribution in [3.8, 4) is 0 Å². The van der Waals surface area contributed by atoms with Gasteiger partial charge in [-0.3, -0.25) is 4.79 Å². The van der Waals surface area contributed by atoms with Gasteiger partial charge in [0.2, 0.25) is 0 Å². The van der Waals surface area contributed by atoms with Crippen LogP contribution in [0.15, 0.2) is 36.4 Å². The van der Waals surface area contributed by atoms with Crippen LogP contribution >= 0.6 is 11.6 Å². The molecule has 0 radical (unpaired) electrons. The largest absolute Gasteiger partial charge is 0.288 e. The van der Waals surface area contributed by atoms with E-state index in [9.17, 15) is 13.6 Å². The molecule has 0 aliphatic carbocycles. The van der Waals surface area contributed by atoms with Gasteiger partial charge in [0.05, 0.1) is 5.56 Å². The third kappa shape index (κ3) is 2.27. The Hall–Kier alpha value is -1.74. The maximum absolute atomic E-state index is 13.8. The van der Waals surface area contributed by atoms with Crippen molar-refractivity contribution in [1.29, 1.82) is 0 Å². The molecule has 0 bridgehead atoms.